The van der Waals surface area contributed by atoms with Gasteiger partial charge in [0.2, 0.25) is 0 Å². The van der Waals surface area contributed by atoms with Gasteiger partial charge in [-0.05, 0) is 0 Å². The van der Waals surface area contributed by atoms with E-state index >= 15 is 0 Å². The minimum absolute atomic E-state index is 0. The molecule has 0 aromatic heterocycles. The monoisotopic (exact) mass is 218 g/mol. The van der Waals surface area contributed by atoms with Crippen LogP contribution in [0.15, 0.2) is 0 Å². The molecule has 78 valence electrons. The maximum atomic E-state index is 10.1. The summed E-state index contributed by atoms with van der Waals surface area (Å²) in [7, 11) is 0. The van der Waals surface area contributed by atoms with Crippen molar-refractivity contribution in [3.8, 4) is 0 Å². The van der Waals surface area contributed by atoms with Gasteiger partial charge in [0.1, 0.15) is 18.3 Å². The molecule has 0 bridgehead atoms. The summed E-state index contributed by atoms with van der Waals surface area (Å²) in [5.74, 6) is -1.76. The Morgan fingerprint density at radius 1 is 1.07 bits per heavy atom. The molecule has 14 heavy (non-hydrogen) atoms. The molecular formula is C6H11NaO7. The first-order valence-electron chi connectivity index (χ1n) is 3.32. The second kappa shape index (κ2) is 7.30. The van der Waals surface area contributed by atoms with Gasteiger partial charge < -0.3 is 30.3 Å². The van der Waals surface area contributed by atoms with E-state index in [1.54, 1.807) is 0 Å². The van der Waals surface area contributed by atoms with Gasteiger partial charge >= 0.3 is 35.5 Å². The van der Waals surface area contributed by atoms with Crippen LogP contribution in [0.5, 0.6) is 0 Å². The predicted molar refractivity (Wildman–Crippen MR) is 44.9 cm³/mol. The summed E-state index contributed by atoms with van der Waals surface area (Å²) in [4.78, 5) is 20.0. The van der Waals surface area contributed by atoms with Crippen molar-refractivity contribution in [3.05, 3.63) is 0 Å². The zero-order valence-corrected chi connectivity index (χ0v) is 6.44. The van der Waals surface area contributed by atoms with Crippen LogP contribution in [-0.4, -0.2) is 91.8 Å². The Balaban J connectivity index is 0. The Labute approximate surface area is 101 Å². The molecule has 0 aliphatic rings. The van der Waals surface area contributed by atoms with E-state index in [0.717, 1.165) is 0 Å². The number of carboxylic acids is 1. The van der Waals surface area contributed by atoms with Crippen LogP contribution in [0.3, 0.4) is 0 Å². The first-order valence-corrected chi connectivity index (χ1v) is 3.32. The fraction of sp³-hybridized carbons (Fsp3) is 0.667. The van der Waals surface area contributed by atoms with Crippen LogP contribution in [0.1, 0.15) is 0 Å². The van der Waals surface area contributed by atoms with E-state index in [1.165, 1.54) is 0 Å². The normalized spacial score (nSPS) is 18.6. The van der Waals surface area contributed by atoms with Crippen molar-refractivity contribution < 1.29 is 35.1 Å². The summed E-state index contributed by atoms with van der Waals surface area (Å²) in [5, 5.41) is 43.2. The molecule has 0 saturated heterocycles. The molecule has 0 radical (unpaired) electrons. The van der Waals surface area contributed by atoms with E-state index in [4.69, 9.17) is 25.5 Å². The number of carboxylic acid groups (broad SMARTS) is 1. The molecule has 0 aliphatic carbocycles. The molecule has 5 N–H and O–H groups in total. The average molecular weight is 218 g/mol. The van der Waals surface area contributed by atoms with Crippen LogP contribution >= 0.6 is 0 Å². The molecule has 0 heterocycles. The summed E-state index contributed by atoms with van der Waals surface area (Å²) in [5.41, 5.74) is 0. The Bertz CT molecular complexity index is 197. The summed E-state index contributed by atoms with van der Waals surface area (Å²) in [6.07, 6.45) is -8.39. The molecule has 0 spiro atoms. The Hall–Kier alpha value is -0.0200. The molecule has 0 saturated carbocycles. The third-order valence-corrected chi connectivity index (χ3v) is 1.42. The van der Waals surface area contributed by atoms with Crippen molar-refractivity contribution >= 4 is 41.8 Å². The van der Waals surface area contributed by atoms with Gasteiger partial charge in [-0.2, -0.15) is 0 Å². The fourth-order valence-electron chi connectivity index (χ4n) is 0.615. The Kier molecular flexibility index (Phi) is 8.55. The van der Waals surface area contributed by atoms with Crippen molar-refractivity contribution in [2.24, 2.45) is 0 Å². The molecule has 0 amide bonds. The van der Waals surface area contributed by atoms with E-state index in [0.29, 0.717) is 0 Å². The summed E-state index contributed by atoms with van der Waals surface area (Å²) < 4.78 is 0. The molecule has 4 atom stereocenters. The van der Waals surface area contributed by atoms with E-state index in [-0.39, 0.29) is 35.8 Å². The van der Waals surface area contributed by atoms with Gasteiger partial charge in [-0.3, -0.25) is 0 Å². The molecule has 8 heteroatoms. The maximum absolute atomic E-state index is 10.1. The minimum atomic E-state index is -2.25. The number of aliphatic hydroxyl groups is 4. The number of rotatable bonds is 5. The second-order valence-corrected chi connectivity index (χ2v) is 2.39. The van der Waals surface area contributed by atoms with Crippen LogP contribution in [0.2, 0.25) is 0 Å². The first-order chi connectivity index (χ1) is 5.91. The van der Waals surface area contributed by atoms with Gasteiger partial charge in [-0.15, -0.1) is 0 Å². The summed E-state index contributed by atoms with van der Waals surface area (Å²) in [6, 6.07) is 0. The van der Waals surface area contributed by atoms with Crippen LogP contribution in [-0.2, 0) is 9.59 Å². The average Bonchev–Trinajstić information content (AvgIpc) is 2.12. The summed E-state index contributed by atoms with van der Waals surface area (Å²) in [6.45, 7) is 0. The van der Waals surface area contributed by atoms with Crippen molar-refractivity contribution in [1.82, 2.24) is 0 Å². The molecule has 0 fully saturated rings. The molecule has 0 aromatic carbocycles. The van der Waals surface area contributed by atoms with Gasteiger partial charge in [0.05, 0.1) is 0 Å². The quantitative estimate of drug-likeness (QED) is 0.235. The summed E-state index contributed by atoms with van der Waals surface area (Å²) >= 11 is 0. The van der Waals surface area contributed by atoms with E-state index in [2.05, 4.69) is 0 Å². The topological polar surface area (TPSA) is 135 Å². The van der Waals surface area contributed by atoms with Gasteiger partial charge in [0.15, 0.2) is 12.4 Å². The van der Waals surface area contributed by atoms with Gasteiger partial charge in [-0.1, -0.05) is 0 Å². The molecule has 0 aliphatic heterocycles. The van der Waals surface area contributed by atoms with Gasteiger partial charge in [0.25, 0.3) is 0 Å². The van der Waals surface area contributed by atoms with Gasteiger partial charge in [-0.25, -0.2) is 4.79 Å². The SMILES string of the molecule is O=C[C@@H](O)[C@@H](O)[C@H](O)[C@H](O)C(=O)O.[NaH]. The number of hydrogen-bond acceptors (Lipinski definition) is 6. The number of aliphatic carboxylic acids is 1. The van der Waals surface area contributed by atoms with Crippen LogP contribution in [0, 0.1) is 0 Å². The van der Waals surface area contributed by atoms with Crippen molar-refractivity contribution in [2.45, 2.75) is 24.4 Å². The second-order valence-electron chi connectivity index (χ2n) is 2.39. The van der Waals surface area contributed by atoms with Crippen molar-refractivity contribution in [1.29, 1.82) is 0 Å². The van der Waals surface area contributed by atoms with Crippen molar-refractivity contribution in [3.63, 3.8) is 0 Å². The standard InChI is InChI=1S/C6H10O7.Na.H/c7-1-2(8)3(9)4(10)5(11)6(12)13;;/h1-5,8-11H,(H,12,13);;/t2-,3-,4+,5+;;/m1../s1. The first kappa shape index (κ1) is 16.4. The molecule has 7 nitrogen and oxygen atoms in total. The Morgan fingerprint density at radius 3 is 1.79 bits per heavy atom. The third kappa shape index (κ3) is 4.47. The molecule has 0 unspecified atom stereocenters. The van der Waals surface area contributed by atoms with Crippen molar-refractivity contribution in [2.75, 3.05) is 0 Å². The number of carbonyl (C=O) groups excluding carboxylic acids is 1. The van der Waals surface area contributed by atoms with E-state index in [1.807, 2.05) is 0 Å². The van der Waals surface area contributed by atoms with Crippen LogP contribution in [0.25, 0.3) is 0 Å². The number of aldehydes is 1. The van der Waals surface area contributed by atoms with Crippen LogP contribution < -0.4 is 0 Å². The zero-order chi connectivity index (χ0) is 10.6. The van der Waals surface area contributed by atoms with E-state index < -0.39 is 30.4 Å². The number of aliphatic hydroxyl groups excluding tert-OH is 4. The molecular weight excluding hydrogens is 207 g/mol. The Morgan fingerprint density at radius 2 is 1.50 bits per heavy atom. The fourth-order valence-corrected chi connectivity index (χ4v) is 0.615. The molecule has 0 rings (SSSR count). The zero-order valence-electron chi connectivity index (χ0n) is 6.44. The number of hydrogen-bond donors (Lipinski definition) is 5. The number of carbonyl (C=O) groups is 2. The van der Waals surface area contributed by atoms with E-state index in [9.17, 15) is 9.59 Å². The molecule has 0 aromatic rings. The third-order valence-electron chi connectivity index (χ3n) is 1.42. The van der Waals surface area contributed by atoms with Crippen LogP contribution in [0.4, 0.5) is 0 Å². The predicted octanol–water partition coefficient (Wildman–Crippen LogP) is -3.94. The van der Waals surface area contributed by atoms with Gasteiger partial charge in [0, 0.05) is 0 Å².